The molecule has 0 aliphatic carbocycles. The van der Waals surface area contributed by atoms with E-state index in [0.29, 0.717) is 22.3 Å². The summed E-state index contributed by atoms with van der Waals surface area (Å²) in [4.78, 5) is 0. The van der Waals surface area contributed by atoms with Gasteiger partial charge in [-0.1, -0.05) is 72.8 Å². The molecule has 0 aromatic heterocycles. The van der Waals surface area contributed by atoms with Crippen LogP contribution in [0.15, 0.2) is 97.1 Å². The lowest BCUT2D eigenvalue weighted by molar-refractivity contribution is 0.332. The van der Waals surface area contributed by atoms with Gasteiger partial charge in [0, 0.05) is 33.1 Å². The van der Waals surface area contributed by atoms with Gasteiger partial charge in [0.1, 0.15) is 0 Å². The summed E-state index contributed by atoms with van der Waals surface area (Å²) in [5.74, 6) is -3.62. The topological polar surface area (TPSA) is 180 Å². The first-order valence-electron chi connectivity index (χ1n) is 15.6. The van der Waals surface area contributed by atoms with Gasteiger partial charge >= 0.3 is 0 Å². The van der Waals surface area contributed by atoms with Crippen molar-refractivity contribution in [1.29, 1.82) is 0 Å². The molecule has 0 unspecified atom stereocenters. The number of aromatic hydroxyl groups is 8. The second-order valence-corrected chi connectivity index (χ2v) is 12.8. The number of hydrogen-bond donors (Lipinski definition) is 8. The molecule has 0 spiro atoms. The van der Waals surface area contributed by atoms with E-state index in [-0.39, 0.29) is 46.0 Å². The van der Waals surface area contributed by atoms with Gasteiger partial charge in [-0.15, -0.1) is 0 Å². The Balaban J connectivity index is 1.21. The molecular weight excluding hydrogens is 640 g/mol. The van der Waals surface area contributed by atoms with Crippen molar-refractivity contribution < 1.29 is 50.3 Å². The Morgan fingerprint density at radius 2 is 0.580 bits per heavy atom. The van der Waals surface area contributed by atoms with Crippen LogP contribution in [0.4, 0.5) is 0 Å². The average molecular weight is 671 g/mol. The van der Waals surface area contributed by atoms with Crippen molar-refractivity contribution >= 4 is 0 Å². The monoisotopic (exact) mass is 670 g/mol. The van der Waals surface area contributed by atoms with Gasteiger partial charge in [-0.2, -0.15) is 0 Å². The van der Waals surface area contributed by atoms with Crippen molar-refractivity contribution in [3.63, 3.8) is 0 Å². The third-order valence-corrected chi connectivity index (χ3v) is 10.3. The zero-order valence-electron chi connectivity index (χ0n) is 26.6. The maximum atomic E-state index is 10.7. The van der Waals surface area contributed by atoms with Crippen LogP contribution in [0, 0.1) is 0 Å². The third kappa shape index (κ3) is 4.02. The van der Waals surface area contributed by atoms with E-state index in [1.165, 1.54) is 24.3 Å². The molecule has 0 saturated carbocycles. The van der Waals surface area contributed by atoms with Crippen LogP contribution in [-0.4, -0.2) is 40.9 Å². The molecule has 10 nitrogen and oxygen atoms in total. The Hall–Kier alpha value is -6.68. The molecule has 8 rings (SSSR count). The first kappa shape index (κ1) is 30.6. The number of ether oxygens (including phenoxy) is 2. The number of fused-ring (bicyclic) bond motifs is 4. The van der Waals surface area contributed by atoms with Gasteiger partial charge < -0.3 is 50.3 Å². The molecule has 250 valence electrons. The Kier molecular flexibility index (Phi) is 6.38. The number of benzene rings is 6. The highest BCUT2D eigenvalue weighted by Gasteiger charge is 2.45. The van der Waals surface area contributed by atoms with Crippen molar-refractivity contribution in [3.05, 3.63) is 130 Å². The van der Waals surface area contributed by atoms with Gasteiger partial charge in [0.05, 0.1) is 0 Å². The molecule has 8 N–H and O–H groups in total. The standard InChI is InChI=1S/C40H30O10/c1-39(23-11-15-27(41)31(45)35(23)49-36-24(39)12-16-28(42)32(36)46)21-7-3-19(4-8-21)20-5-9-22(10-6-20)40(2)25-13-17-29(43)33(47)37(25)50-38-26(40)14-18-30(44)34(38)48/h3-18,41-48H,1-2H3. The summed E-state index contributed by atoms with van der Waals surface area (Å²) in [6, 6.07) is 27.6. The molecule has 0 fully saturated rings. The number of rotatable bonds is 3. The van der Waals surface area contributed by atoms with Crippen molar-refractivity contribution in [2.75, 3.05) is 0 Å². The fraction of sp³-hybridized carbons (Fsp3) is 0.100. The molecule has 50 heavy (non-hydrogen) atoms. The predicted molar refractivity (Wildman–Crippen MR) is 182 cm³/mol. The molecule has 2 aliphatic heterocycles. The zero-order valence-corrected chi connectivity index (χ0v) is 26.6. The van der Waals surface area contributed by atoms with E-state index in [0.717, 1.165) is 22.3 Å². The lowest BCUT2D eigenvalue weighted by Crippen LogP contribution is -2.29. The van der Waals surface area contributed by atoms with Crippen molar-refractivity contribution in [2.45, 2.75) is 24.7 Å². The molecule has 2 heterocycles. The van der Waals surface area contributed by atoms with Crippen molar-refractivity contribution in [1.82, 2.24) is 0 Å². The van der Waals surface area contributed by atoms with E-state index < -0.39 is 33.8 Å². The van der Waals surface area contributed by atoms with Gasteiger partial charge in [0.2, 0.25) is 23.0 Å². The summed E-state index contributed by atoms with van der Waals surface area (Å²) in [5, 5.41) is 83.8. The quantitative estimate of drug-likeness (QED) is 0.0862. The summed E-state index contributed by atoms with van der Waals surface area (Å²) in [6.45, 7) is 3.81. The average Bonchev–Trinajstić information content (AvgIpc) is 3.12. The largest absolute Gasteiger partial charge is 0.504 e. The van der Waals surface area contributed by atoms with Crippen LogP contribution in [-0.2, 0) is 10.8 Å². The van der Waals surface area contributed by atoms with Crippen molar-refractivity contribution in [3.8, 4) is 80.1 Å². The summed E-state index contributed by atoms with van der Waals surface area (Å²) < 4.78 is 11.7. The second kappa shape index (κ2) is 10.4. The van der Waals surface area contributed by atoms with E-state index in [1.54, 1.807) is 24.3 Å². The van der Waals surface area contributed by atoms with E-state index >= 15 is 0 Å². The van der Waals surface area contributed by atoms with Gasteiger partial charge in [0.25, 0.3) is 0 Å². The van der Waals surface area contributed by atoms with E-state index in [1.807, 2.05) is 62.4 Å². The molecule has 10 heteroatoms. The minimum atomic E-state index is -0.972. The summed E-state index contributed by atoms with van der Waals surface area (Å²) in [6.07, 6.45) is 0. The Morgan fingerprint density at radius 3 is 0.820 bits per heavy atom. The number of phenols is 8. The van der Waals surface area contributed by atoms with Crippen LogP contribution in [0.2, 0.25) is 0 Å². The number of hydrogen-bond acceptors (Lipinski definition) is 10. The van der Waals surface area contributed by atoms with Crippen LogP contribution in [0.25, 0.3) is 11.1 Å². The number of phenolic OH excluding ortho intramolecular Hbond substituents is 8. The van der Waals surface area contributed by atoms with Crippen LogP contribution < -0.4 is 9.47 Å². The third-order valence-electron chi connectivity index (χ3n) is 10.3. The Morgan fingerprint density at radius 1 is 0.340 bits per heavy atom. The fourth-order valence-electron chi connectivity index (χ4n) is 7.34. The van der Waals surface area contributed by atoms with Crippen molar-refractivity contribution in [2.24, 2.45) is 0 Å². The second-order valence-electron chi connectivity index (χ2n) is 12.8. The lowest BCUT2D eigenvalue weighted by Gasteiger charge is -2.38. The summed E-state index contributed by atoms with van der Waals surface area (Å²) >= 11 is 0. The van der Waals surface area contributed by atoms with E-state index in [2.05, 4.69) is 0 Å². The minimum Gasteiger partial charge on any atom is -0.504 e. The molecular formula is C40H30O10. The van der Waals surface area contributed by atoms with Gasteiger partial charge in [-0.05, 0) is 60.4 Å². The first-order chi connectivity index (χ1) is 23.8. The van der Waals surface area contributed by atoms with E-state index in [4.69, 9.17) is 9.47 Å². The van der Waals surface area contributed by atoms with Gasteiger partial charge in [-0.25, -0.2) is 0 Å². The molecule has 0 saturated heterocycles. The molecule has 2 aliphatic rings. The SMILES string of the molecule is CC1(c2ccc(-c3ccc(C4(C)c5ccc(O)c(O)c5Oc5c4ccc(O)c5O)cc3)cc2)c2ccc(O)c(O)c2Oc2c1ccc(O)c2O. The smallest absolute Gasteiger partial charge is 0.201 e. The summed E-state index contributed by atoms with van der Waals surface area (Å²) in [5.41, 5.74) is 3.57. The van der Waals surface area contributed by atoms with Crippen LogP contribution >= 0.6 is 0 Å². The molecule has 6 aromatic rings. The lowest BCUT2D eigenvalue weighted by atomic mass is 9.68. The van der Waals surface area contributed by atoms with Crippen LogP contribution in [0.5, 0.6) is 69.0 Å². The maximum absolute atomic E-state index is 10.7. The molecule has 0 amide bonds. The highest BCUT2D eigenvalue weighted by Crippen LogP contribution is 2.61. The maximum Gasteiger partial charge on any atom is 0.201 e. The minimum absolute atomic E-state index is 0.0302. The molecule has 6 aromatic carbocycles. The molecule has 0 atom stereocenters. The molecule has 0 radical (unpaired) electrons. The van der Waals surface area contributed by atoms with Gasteiger partial charge in [-0.3, -0.25) is 0 Å². The first-order valence-corrected chi connectivity index (χ1v) is 15.6. The predicted octanol–water partition coefficient (Wildman–Crippen LogP) is 7.92. The highest BCUT2D eigenvalue weighted by atomic mass is 16.5. The van der Waals surface area contributed by atoms with Gasteiger partial charge in [0.15, 0.2) is 46.0 Å². The van der Waals surface area contributed by atoms with E-state index in [9.17, 15) is 40.9 Å². The van der Waals surface area contributed by atoms with Crippen LogP contribution in [0.3, 0.4) is 0 Å². The van der Waals surface area contributed by atoms with Crippen LogP contribution in [0.1, 0.15) is 47.2 Å². The normalized spacial score (nSPS) is 14.7. The Bertz CT molecular complexity index is 2100. The fourth-order valence-corrected chi connectivity index (χ4v) is 7.34. The molecule has 0 bridgehead atoms. The highest BCUT2D eigenvalue weighted by molar-refractivity contribution is 5.75. The zero-order chi connectivity index (χ0) is 35.3. The summed E-state index contributed by atoms with van der Waals surface area (Å²) in [7, 11) is 0. The Labute approximate surface area is 285 Å².